The van der Waals surface area contributed by atoms with Crippen LogP contribution in [-0.2, 0) is 16.4 Å². The molecule has 0 radical (unpaired) electrons. The first-order valence-corrected chi connectivity index (χ1v) is 9.50. The summed E-state index contributed by atoms with van der Waals surface area (Å²) in [7, 11) is -4.13. The van der Waals surface area contributed by atoms with Crippen molar-refractivity contribution in [3.63, 3.8) is 0 Å². The van der Waals surface area contributed by atoms with E-state index >= 15 is 0 Å². The first-order valence-electron chi connectivity index (χ1n) is 7.64. The summed E-state index contributed by atoms with van der Waals surface area (Å²) in [5, 5.41) is 14.2. The molecular formula is C16H16ClN3O4S. The molecule has 3 rings (SSSR count). The van der Waals surface area contributed by atoms with Crippen LogP contribution in [0.15, 0.2) is 47.4 Å². The summed E-state index contributed by atoms with van der Waals surface area (Å²) in [4.78, 5) is 9.87. The molecule has 0 bridgehead atoms. The molecule has 1 atom stereocenters. The molecule has 0 saturated carbocycles. The van der Waals surface area contributed by atoms with Gasteiger partial charge in [-0.05, 0) is 30.2 Å². The second-order valence-electron chi connectivity index (χ2n) is 5.65. The second kappa shape index (κ2) is 7.09. The van der Waals surface area contributed by atoms with Crippen molar-refractivity contribution in [2.24, 2.45) is 0 Å². The lowest BCUT2D eigenvalue weighted by molar-refractivity contribution is -0.387. The Morgan fingerprint density at radius 1 is 1.24 bits per heavy atom. The first-order chi connectivity index (χ1) is 11.9. The van der Waals surface area contributed by atoms with Crippen LogP contribution in [-0.4, -0.2) is 26.4 Å². The summed E-state index contributed by atoms with van der Waals surface area (Å²) in [5.74, 6) is 0. The maximum atomic E-state index is 12.6. The van der Waals surface area contributed by atoms with Crippen molar-refractivity contribution in [3.05, 3.63) is 68.7 Å². The average Bonchev–Trinajstić information content (AvgIpc) is 2.59. The molecule has 0 aromatic heterocycles. The van der Waals surface area contributed by atoms with Crippen molar-refractivity contribution >= 4 is 27.3 Å². The van der Waals surface area contributed by atoms with Crippen LogP contribution in [0.5, 0.6) is 0 Å². The van der Waals surface area contributed by atoms with Crippen LogP contribution in [0.2, 0.25) is 5.02 Å². The Morgan fingerprint density at radius 2 is 2.00 bits per heavy atom. The molecule has 2 aromatic rings. The van der Waals surface area contributed by atoms with Crippen LogP contribution in [0, 0.1) is 10.1 Å². The molecule has 1 aliphatic rings. The molecule has 25 heavy (non-hydrogen) atoms. The number of nitrogens with zero attached hydrogens (tertiary/aromatic N) is 1. The van der Waals surface area contributed by atoms with Gasteiger partial charge in [-0.25, -0.2) is 13.1 Å². The van der Waals surface area contributed by atoms with Gasteiger partial charge in [0.25, 0.3) is 5.69 Å². The Kier molecular flexibility index (Phi) is 5.05. The van der Waals surface area contributed by atoms with E-state index in [-0.39, 0.29) is 17.6 Å². The lowest BCUT2D eigenvalue weighted by Gasteiger charge is -2.27. The number of halogens is 1. The van der Waals surface area contributed by atoms with Crippen LogP contribution < -0.4 is 10.0 Å². The number of nitro benzene ring substituents is 1. The van der Waals surface area contributed by atoms with E-state index in [4.69, 9.17) is 11.6 Å². The zero-order valence-electron chi connectivity index (χ0n) is 13.1. The van der Waals surface area contributed by atoms with E-state index in [0.717, 1.165) is 30.2 Å². The summed E-state index contributed by atoms with van der Waals surface area (Å²) < 4.78 is 27.7. The van der Waals surface area contributed by atoms with Gasteiger partial charge in [0, 0.05) is 18.7 Å². The molecular weight excluding hydrogens is 366 g/mol. The first kappa shape index (κ1) is 17.8. The fourth-order valence-corrected chi connectivity index (χ4v) is 4.69. The molecule has 2 N–H and O–H groups in total. The van der Waals surface area contributed by atoms with Gasteiger partial charge in [-0.3, -0.25) is 10.1 Å². The third-order valence-corrected chi connectivity index (χ3v) is 6.04. The van der Waals surface area contributed by atoms with Gasteiger partial charge in [-0.2, -0.15) is 0 Å². The van der Waals surface area contributed by atoms with E-state index < -0.39 is 25.5 Å². The smallest absolute Gasteiger partial charge is 0.290 e. The summed E-state index contributed by atoms with van der Waals surface area (Å²) in [6, 6.07) is 11.4. The standard InChI is InChI=1S/C16H16ClN3O4S/c17-13-6-3-7-15(20(21)22)16(13)25(23,24)19-10-14-12-5-2-1-4-11(12)8-9-18-14/h1-7,14,18-19H,8-10H2. The molecule has 2 aromatic carbocycles. The fraction of sp³-hybridized carbons (Fsp3) is 0.250. The molecule has 132 valence electrons. The molecule has 1 unspecified atom stereocenters. The van der Waals surface area contributed by atoms with E-state index in [2.05, 4.69) is 10.0 Å². The minimum atomic E-state index is -4.13. The highest BCUT2D eigenvalue weighted by Crippen LogP contribution is 2.31. The van der Waals surface area contributed by atoms with Crippen LogP contribution in [0.1, 0.15) is 17.2 Å². The highest BCUT2D eigenvalue weighted by molar-refractivity contribution is 7.89. The molecule has 1 aliphatic heterocycles. The van der Waals surface area contributed by atoms with E-state index in [1.807, 2.05) is 24.3 Å². The normalized spacial score (nSPS) is 17.1. The lowest BCUT2D eigenvalue weighted by atomic mass is 9.95. The molecule has 0 amide bonds. The van der Waals surface area contributed by atoms with Gasteiger partial charge in [0.05, 0.1) is 9.95 Å². The van der Waals surface area contributed by atoms with Crippen molar-refractivity contribution < 1.29 is 13.3 Å². The number of rotatable bonds is 5. The Hall–Kier alpha value is -2.00. The van der Waals surface area contributed by atoms with Crippen molar-refractivity contribution in [3.8, 4) is 0 Å². The van der Waals surface area contributed by atoms with Crippen molar-refractivity contribution in [1.82, 2.24) is 10.0 Å². The quantitative estimate of drug-likeness (QED) is 0.611. The average molecular weight is 382 g/mol. The van der Waals surface area contributed by atoms with E-state index in [1.165, 1.54) is 12.1 Å². The number of nitro groups is 1. The van der Waals surface area contributed by atoms with Crippen LogP contribution in [0.4, 0.5) is 5.69 Å². The third-order valence-electron chi connectivity index (χ3n) is 4.10. The topological polar surface area (TPSA) is 101 Å². The Labute approximate surface area is 150 Å². The summed E-state index contributed by atoms with van der Waals surface area (Å²) in [6.07, 6.45) is 0.870. The number of sulfonamides is 1. The predicted octanol–water partition coefficient (Wildman–Crippen LogP) is 2.41. The Morgan fingerprint density at radius 3 is 2.76 bits per heavy atom. The summed E-state index contributed by atoms with van der Waals surface area (Å²) in [6.45, 7) is 0.803. The van der Waals surface area contributed by atoms with Gasteiger partial charge < -0.3 is 5.32 Å². The largest absolute Gasteiger partial charge is 0.308 e. The van der Waals surface area contributed by atoms with E-state index in [1.54, 1.807) is 0 Å². The van der Waals surface area contributed by atoms with Gasteiger partial charge in [-0.1, -0.05) is 41.9 Å². The number of hydrogen-bond acceptors (Lipinski definition) is 5. The molecule has 1 heterocycles. The molecule has 0 spiro atoms. The van der Waals surface area contributed by atoms with Gasteiger partial charge in [-0.15, -0.1) is 0 Å². The van der Waals surface area contributed by atoms with Crippen molar-refractivity contribution in [2.45, 2.75) is 17.4 Å². The molecule has 0 saturated heterocycles. The molecule has 0 fully saturated rings. The molecule has 9 heteroatoms. The summed E-state index contributed by atoms with van der Waals surface area (Å²) >= 11 is 5.92. The monoisotopic (exact) mass is 381 g/mol. The zero-order valence-corrected chi connectivity index (χ0v) is 14.7. The summed E-state index contributed by atoms with van der Waals surface area (Å²) in [5.41, 5.74) is 1.64. The predicted molar refractivity (Wildman–Crippen MR) is 94.2 cm³/mol. The Balaban J connectivity index is 1.86. The third kappa shape index (κ3) is 3.67. The number of hydrogen-bond donors (Lipinski definition) is 2. The van der Waals surface area contributed by atoms with E-state index in [9.17, 15) is 18.5 Å². The highest BCUT2D eigenvalue weighted by atomic mass is 35.5. The Bertz CT molecular complexity index is 917. The fourth-order valence-electron chi connectivity index (χ4n) is 2.95. The van der Waals surface area contributed by atoms with Crippen LogP contribution >= 0.6 is 11.6 Å². The zero-order chi connectivity index (χ0) is 18.0. The van der Waals surface area contributed by atoms with Gasteiger partial charge in [0.1, 0.15) is 0 Å². The minimum Gasteiger partial charge on any atom is -0.308 e. The maximum Gasteiger partial charge on any atom is 0.290 e. The van der Waals surface area contributed by atoms with Gasteiger partial charge in [0.2, 0.25) is 10.0 Å². The van der Waals surface area contributed by atoms with Crippen molar-refractivity contribution in [2.75, 3.05) is 13.1 Å². The minimum absolute atomic E-state index is 0.0712. The van der Waals surface area contributed by atoms with Crippen molar-refractivity contribution in [1.29, 1.82) is 0 Å². The van der Waals surface area contributed by atoms with E-state index in [0.29, 0.717) is 0 Å². The highest BCUT2D eigenvalue weighted by Gasteiger charge is 2.30. The SMILES string of the molecule is O=[N+]([O-])c1cccc(Cl)c1S(=O)(=O)NCC1NCCc2ccccc21. The molecule has 0 aliphatic carbocycles. The maximum absolute atomic E-state index is 12.6. The molecule has 7 nitrogen and oxygen atoms in total. The van der Waals surface area contributed by atoms with Crippen LogP contribution in [0.3, 0.4) is 0 Å². The second-order valence-corrected chi connectivity index (χ2v) is 7.76. The number of nitrogens with one attached hydrogen (secondary N) is 2. The van der Waals surface area contributed by atoms with Gasteiger partial charge in [0.15, 0.2) is 4.90 Å². The lowest BCUT2D eigenvalue weighted by Crippen LogP contribution is -2.39. The van der Waals surface area contributed by atoms with Gasteiger partial charge >= 0.3 is 0 Å². The number of benzene rings is 2. The van der Waals surface area contributed by atoms with Crippen LogP contribution in [0.25, 0.3) is 0 Å². The number of fused-ring (bicyclic) bond motifs is 1.